The van der Waals surface area contributed by atoms with Crippen molar-refractivity contribution in [3.63, 3.8) is 0 Å². The molecular formula is C15H18N2O8S2. The van der Waals surface area contributed by atoms with E-state index >= 15 is 0 Å². The Morgan fingerprint density at radius 3 is 2.26 bits per heavy atom. The molecule has 0 bridgehead atoms. The number of imide groups is 2. The van der Waals surface area contributed by atoms with Crippen molar-refractivity contribution in [1.82, 2.24) is 10.1 Å². The van der Waals surface area contributed by atoms with Gasteiger partial charge in [-0.15, -0.1) is 10.1 Å². The summed E-state index contributed by atoms with van der Waals surface area (Å²) in [4.78, 5) is 79.2. The molecule has 2 aliphatic heterocycles. The van der Waals surface area contributed by atoms with Crippen molar-refractivity contribution >= 4 is 57.2 Å². The number of hydrogen-bond donors (Lipinski definition) is 0. The highest BCUT2D eigenvalue weighted by atomic mass is 33.1. The number of carbonyl (C=O) groups excluding carboxylic acids is 6. The first-order chi connectivity index (χ1) is 14.3. The summed E-state index contributed by atoms with van der Waals surface area (Å²) in [7, 11) is 0.984. The quantitative estimate of drug-likeness (QED) is 0.296. The molecule has 2 aliphatic rings. The van der Waals surface area contributed by atoms with E-state index in [9.17, 15) is 28.8 Å². The summed E-state index contributed by atoms with van der Waals surface area (Å²) in [6.07, 6.45) is -3.90. The Labute approximate surface area is 168 Å². The molecule has 2 saturated heterocycles. The van der Waals surface area contributed by atoms with E-state index in [-0.39, 0.29) is 36.5 Å². The summed E-state index contributed by atoms with van der Waals surface area (Å²) in [5, 5.41) is 0.505. The highest BCUT2D eigenvalue weighted by Gasteiger charge is 2.38. The van der Waals surface area contributed by atoms with Gasteiger partial charge in [0, 0.05) is 42.1 Å². The number of hydrogen-bond acceptors (Lipinski definition) is 10. The van der Waals surface area contributed by atoms with Crippen LogP contribution in [0.1, 0.15) is 44.5 Å². The van der Waals surface area contributed by atoms with Crippen LogP contribution in [0.4, 0.5) is 0 Å². The number of nitrogens with zero attached hydrogens (tertiary/aromatic N) is 2. The topological polar surface area (TPSA) is 127 Å². The third-order valence-electron chi connectivity index (χ3n) is 3.35. The first-order valence-corrected chi connectivity index (χ1v) is 10.1. The van der Waals surface area contributed by atoms with Gasteiger partial charge in [-0.05, 0) is 0 Å². The van der Waals surface area contributed by atoms with E-state index in [0.29, 0.717) is 26.7 Å². The van der Waals surface area contributed by atoms with Gasteiger partial charge >= 0.3 is 11.9 Å². The minimum absolute atomic E-state index is 0.0599. The molecule has 1 unspecified atom stereocenters. The molecule has 2 fully saturated rings. The standard InChI is InChI=1S/C15H18N2O8S2/c1-9-8-12(20)17(15(9)23)25-14(22)5-7-27-26-6-4-13(21)24-16-10(18)2-3-11(16)19/h9H,2-8H2,1H3/i5D2,7D2. The van der Waals surface area contributed by atoms with Crippen LogP contribution in [-0.2, 0) is 38.4 Å². The van der Waals surface area contributed by atoms with Gasteiger partial charge < -0.3 is 9.68 Å². The van der Waals surface area contributed by atoms with Crippen LogP contribution in [0, 0.1) is 5.92 Å². The predicted molar refractivity (Wildman–Crippen MR) is 93.1 cm³/mol. The summed E-state index contributed by atoms with van der Waals surface area (Å²) in [6, 6.07) is 0. The molecule has 0 aromatic rings. The number of hydroxylamine groups is 4. The van der Waals surface area contributed by atoms with E-state index in [0.717, 1.165) is 0 Å². The lowest BCUT2D eigenvalue weighted by atomic mass is 10.1. The molecular weight excluding hydrogens is 400 g/mol. The van der Waals surface area contributed by atoms with E-state index in [1.807, 2.05) is 0 Å². The second-order valence-electron chi connectivity index (χ2n) is 5.44. The summed E-state index contributed by atoms with van der Waals surface area (Å²) in [6.45, 7) is 1.43. The summed E-state index contributed by atoms with van der Waals surface area (Å²) in [5.74, 6) is -6.46. The molecule has 2 rings (SSSR count). The molecule has 12 heteroatoms. The molecule has 27 heavy (non-hydrogen) atoms. The monoisotopic (exact) mass is 422 g/mol. The Kier molecular flexibility index (Phi) is 5.75. The summed E-state index contributed by atoms with van der Waals surface area (Å²) >= 11 is 0. The van der Waals surface area contributed by atoms with Crippen LogP contribution in [0.15, 0.2) is 0 Å². The lowest BCUT2D eigenvalue weighted by Gasteiger charge is -2.13. The molecule has 148 valence electrons. The zero-order valence-electron chi connectivity index (χ0n) is 18.1. The molecule has 0 saturated carbocycles. The minimum atomic E-state index is -3.24. The zero-order chi connectivity index (χ0) is 23.6. The predicted octanol–water partition coefficient (Wildman–Crippen LogP) is 0.608. The molecule has 10 nitrogen and oxygen atoms in total. The number of carbonyl (C=O) groups is 6. The van der Waals surface area contributed by atoms with Gasteiger partial charge in [-0.3, -0.25) is 19.2 Å². The Bertz CT molecular complexity index is 809. The van der Waals surface area contributed by atoms with Crippen LogP contribution in [0.25, 0.3) is 0 Å². The van der Waals surface area contributed by atoms with Crippen molar-refractivity contribution in [1.29, 1.82) is 0 Å². The van der Waals surface area contributed by atoms with E-state index in [4.69, 9.17) is 5.48 Å². The maximum absolute atomic E-state index is 12.1. The first kappa shape index (κ1) is 15.9. The maximum atomic E-state index is 12.1. The number of amides is 4. The molecule has 0 aromatic carbocycles. The Balaban J connectivity index is 1.83. The van der Waals surface area contributed by atoms with Crippen LogP contribution in [0.3, 0.4) is 0 Å². The first-order valence-electron chi connectivity index (χ1n) is 9.74. The molecule has 0 spiro atoms. The van der Waals surface area contributed by atoms with Crippen molar-refractivity contribution in [3.8, 4) is 0 Å². The van der Waals surface area contributed by atoms with Gasteiger partial charge in [0.15, 0.2) is 0 Å². The summed E-state index contributed by atoms with van der Waals surface area (Å²) < 4.78 is 31.2. The Hall–Kier alpha value is -2.08. The van der Waals surface area contributed by atoms with E-state index < -0.39 is 53.6 Å². The van der Waals surface area contributed by atoms with Gasteiger partial charge in [0.05, 0.1) is 12.8 Å². The molecule has 1 atom stereocenters. The Morgan fingerprint density at radius 2 is 1.67 bits per heavy atom. The van der Waals surface area contributed by atoms with Crippen LogP contribution < -0.4 is 0 Å². The largest absolute Gasteiger partial charge is 0.334 e. The zero-order valence-corrected chi connectivity index (χ0v) is 15.7. The van der Waals surface area contributed by atoms with Gasteiger partial charge in [-0.25, -0.2) is 9.59 Å². The minimum Gasteiger partial charge on any atom is -0.330 e. The van der Waals surface area contributed by atoms with E-state index in [1.54, 1.807) is 0 Å². The normalized spacial score (nSPS) is 23.1. The highest BCUT2D eigenvalue weighted by Crippen LogP contribution is 2.24. The van der Waals surface area contributed by atoms with Gasteiger partial charge in [0.2, 0.25) is 0 Å². The molecule has 0 aromatic heterocycles. The van der Waals surface area contributed by atoms with Crippen molar-refractivity contribution < 1.29 is 43.9 Å². The fourth-order valence-corrected chi connectivity index (χ4v) is 3.34. The van der Waals surface area contributed by atoms with Gasteiger partial charge in [0.1, 0.15) is 0 Å². The van der Waals surface area contributed by atoms with Crippen molar-refractivity contribution in [3.05, 3.63) is 0 Å². The van der Waals surface area contributed by atoms with Crippen LogP contribution in [0.5, 0.6) is 0 Å². The fourth-order valence-electron chi connectivity index (χ4n) is 2.02. The summed E-state index contributed by atoms with van der Waals surface area (Å²) in [5.41, 5.74) is -2.86. The van der Waals surface area contributed by atoms with Crippen molar-refractivity contribution in [2.24, 2.45) is 5.92 Å². The second-order valence-corrected chi connectivity index (χ2v) is 7.66. The van der Waals surface area contributed by atoms with Gasteiger partial charge in [-0.1, -0.05) is 28.5 Å². The molecule has 0 N–H and O–H groups in total. The third-order valence-corrected chi connectivity index (χ3v) is 5.12. The van der Waals surface area contributed by atoms with Crippen molar-refractivity contribution in [2.45, 2.75) is 39.0 Å². The average molecular weight is 422 g/mol. The molecule has 0 radical (unpaired) electrons. The van der Waals surface area contributed by atoms with E-state index in [2.05, 4.69) is 9.68 Å². The van der Waals surface area contributed by atoms with Crippen LogP contribution in [-0.4, -0.2) is 57.2 Å². The van der Waals surface area contributed by atoms with Crippen LogP contribution in [0.2, 0.25) is 0 Å². The number of rotatable bonds is 9. The lowest BCUT2D eigenvalue weighted by Crippen LogP contribution is -2.33. The molecule has 0 aliphatic carbocycles. The highest BCUT2D eigenvalue weighted by molar-refractivity contribution is 8.76. The van der Waals surface area contributed by atoms with Gasteiger partial charge in [0.25, 0.3) is 23.6 Å². The smallest absolute Gasteiger partial charge is 0.330 e. The maximum Gasteiger partial charge on any atom is 0.334 e. The SMILES string of the molecule is [2H]C([2H])(SSCCC(=O)ON1C(=O)CCC1=O)C([2H])([2H])C(=O)ON1C(=O)CC(C)C1=O. The molecule has 2 heterocycles. The average Bonchev–Trinajstić information content (AvgIpc) is 3.11. The lowest BCUT2D eigenvalue weighted by molar-refractivity contribution is -0.197. The Morgan fingerprint density at radius 1 is 1.04 bits per heavy atom. The second kappa shape index (κ2) is 9.74. The van der Waals surface area contributed by atoms with Gasteiger partial charge in [-0.2, -0.15) is 0 Å². The van der Waals surface area contributed by atoms with E-state index in [1.165, 1.54) is 6.92 Å². The van der Waals surface area contributed by atoms with Crippen LogP contribution >= 0.6 is 21.6 Å². The molecule has 4 amide bonds. The fraction of sp³-hybridized carbons (Fsp3) is 0.600. The third kappa shape index (κ3) is 5.96. The van der Waals surface area contributed by atoms with Crippen molar-refractivity contribution in [2.75, 3.05) is 11.5 Å².